The van der Waals surface area contributed by atoms with Gasteiger partial charge in [-0.05, 0) is 0 Å². The molecule has 0 spiro atoms. The zero-order valence-corrected chi connectivity index (χ0v) is 16.4. The van der Waals surface area contributed by atoms with Gasteiger partial charge < -0.3 is 0 Å². The number of ether oxygens (including phenoxy) is 1. The van der Waals surface area contributed by atoms with Crippen molar-refractivity contribution in [3.63, 3.8) is 0 Å². The number of hydrogen-bond donors (Lipinski definition) is 2. The Bertz CT molecular complexity index is 641. The van der Waals surface area contributed by atoms with Crippen molar-refractivity contribution in [2.24, 2.45) is 5.73 Å². The summed E-state index contributed by atoms with van der Waals surface area (Å²) in [6.45, 7) is 0.492. The number of benzene rings is 1. The van der Waals surface area contributed by atoms with Gasteiger partial charge in [0.15, 0.2) is 0 Å². The molecule has 1 radical (unpaired) electrons. The van der Waals surface area contributed by atoms with E-state index in [1.165, 1.54) is 12.0 Å². The van der Waals surface area contributed by atoms with E-state index < -0.39 is 24.1 Å². The summed E-state index contributed by atoms with van der Waals surface area (Å²) in [6, 6.07) is 7.30. The van der Waals surface area contributed by atoms with Crippen LogP contribution < -0.4 is 11.1 Å². The average molecular weight is 425 g/mol. The molecule has 0 saturated carbocycles. The van der Waals surface area contributed by atoms with Crippen molar-refractivity contribution < 1.29 is 19.1 Å². The standard InChI is InChI=1S/C18H24N3O4Se/c1-25-18(24)14(10-12-6-3-2-4-7-12)20-16(22)15-8-5-9-21(15)17(23)13(19)11-26/h2-4,6-7,13-15H,5,8-11,19H2,1H3,(H,20,22)/t13-,14-,15-/m0/s1. The van der Waals surface area contributed by atoms with Crippen LogP contribution in [-0.4, -0.2) is 70.5 Å². The third kappa shape index (κ3) is 5.06. The van der Waals surface area contributed by atoms with Crippen molar-refractivity contribution in [1.82, 2.24) is 10.2 Å². The Kier molecular flexibility index (Phi) is 7.63. The van der Waals surface area contributed by atoms with Crippen LogP contribution in [0.3, 0.4) is 0 Å². The molecular formula is C18H24N3O4Se. The topological polar surface area (TPSA) is 102 Å². The second-order valence-electron chi connectivity index (χ2n) is 6.24. The van der Waals surface area contributed by atoms with E-state index in [0.717, 1.165) is 12.0 Å². The maximum absolute atomic E-state index is 12.7. The van der Waals surface area contributed by atoms with E-state index in [-0.39, 0.29) is 11.8 Å². The zero-order chi connectivity index (χ0) is 19.1. The summed E-state index contributed by atoms with van der Waals surface area (Å²) in [5, 5.41) is 3.14. The Balaban J connectivity index is 2.08. The van der Waals surface area contributed by atoms with Crippen LogP contribution in [-0.2, 0) is 25.5 Å². The van der Waals surface area contributed by atoms with Crippen LogP contribution in [0.1, 0.15) is 18.4 Å². The van der Waals surface area contributed by atoms with E-state index in [1.807, 2.05) is 30.3 Å². The molecule has 2 amide bonds. The number of rotatable bonds is 7. The Hall–Kier alpha value is -1.89. The number of methoxy groups -OCH3 is 1. The van der Waals surface area contributed by atoms with Gasteiger partial charge in [0, 0.05) is 0 Å². The van der Waals surface area contributed by atoms with Crippen molar-refractivity contribution in [1.29, 1.82) is 0 Å². The second-order valence-corrected chi connectivity index (χ2v) is 6.94. The van der Waals surface area contributed by atoms with Crippen LogP contribution in [0.15, 0.2) is 30.3 Å². The number of nitrogens with two attached hydrogens (primary N) is 1. The van der Waals surface area contributed by atoms with Gasteiger partial charge in [0.25, 0.3) is 0 Å². The van der Waals surface area contributed by atoms with Crippen molar-refractivity contribution in [2.75, 3.05) is 13.7 Å². The second kappa shape index (κ2) is 9.71. The molecule has 2 rings (SSSR count). The molecule has 0 aromatic heterocycles. The van der Waals surface area contributed by atoms with Crippen LogP contribution in [0, 0.1) is 0 Å². The van der Waals surface area contributed by atoms with Gasteiger partial charge in [-0.25, -0.2) is 0 Å². The first-order valence-corrected chi connectivity index (χ1v) is 9.75. The minimum atomic E-state index is -0.805. The van der Waals surface area contributed by atoms with Crippen LogP contribution in [0.5, 0.6) is 0 Å². The van der Waals surface area contributed by atoms with Crippen molar-refractivity contribution in [3.05, 3.63) is 35.9 Å². The molecule has 26 heavy (non-hydrogen) atoms. The number of likely N-dealkylation sites (tertiary alicyclic amines) is 1. The number of esters is 1. The number of carbonyl (C=O) groups excluding carboxylic acids is 3. The molecular weight excluding hydrogens is 401 g/mol. The monoisotopic (exact) mass is 426 g/mol. The molecule has 1 saturated heterocycles. The first-order chi connectivity index (χ1) is 12.5. The van der Waals surface area contributed by atoms with E-state index >= 15 is 0 Å². The number of nitrogens with one attached hydrogen (secondary N) is 1. The van der Waals surface area contributed by atoms with Crippen molar-refractivity contribution >= 4 is 33.8 Å². The summed E-state index contributed by atoms with van der Waals surface area (Å²) in [4.78, 5) is 38.7. The molecule has 7 nitrogen and oxygen atoms in total. The molecule has 0 bridgehead atoms. The van der Waals surface area contributed by atoms with E-state index in [0.29, 0.717) is 24.7 Å². The fourth-order valence-electron chi connectivity index (χ4n) is 3.04. The van der Waals surface area contributed by atoms with Gasteiger partial charge in [0.1, 0.15) is 0 Å². The zero-order valence-electron chi connectivity index (χ0n) is 14.7. The molecule has 1 aromatic rings. The summed E-state index contributed by atoms with van der Waals surface area (Å²) in [6.07, 6.45) is 1.60. The third-order valence-electron chi connectivity index (χ3n) is 4.42. The van der Waals surface area contributed by atoms with Gasteiger partial charge in [-0.1, -0.05) is 6.07 Å². The quantitative estimate of drug-likeness (QED) is 0.465. The molecule has 1 aromatic carbocycles. The van der Waals surface area contributed by atoms with Crippen LogP contribution in [0.25, 0.3) is 0 Å². The fraction of sp³-hybridized carbons (Fsp3) is 0.500. The molecule has 0 aliphatic carbocycles. The minimum absolute atomic E-state index is 0.251. The van der Waals surface area contributed by atoms with Crippen molar-refractivity contribution in [3.8, 4) is 0 Å². The van der Waals surface area contributed by atoms with E-state index in [1.54, 1.807) is 0 Å². The van der Waals surface area contributed by atoms with Crippen molar-refractivity contribution in [2.45, 2.75) is 42.7 Å². The molecule has 1 aliphatic rings. The summed E-state index contributed by atoms with van der Waals surface area (Å²) < 4.78 is 4.82. The predicted molar refractivity (Wildman–Crippen MR) is 97.4 cm³/mol. The molecule has 8 heteroatoms. The first-order valence-electron chi connectivity index (χ1n) is 8.54. The van der Waals surface area contributed by atoms with E-state index in [9.17, 15) is 14.4 Å². The molecule has 1 heterocycles. The van der Waals surface area contributed by atoms with Crippen LogP contribution in [0.2, 0.25) is 5.32 Å². The summed E-state index contributed by atoms with van der Waals surface area (Å²) in [7, 11) is 1.29. The molecule has 3 atom stereocenters. The molecule has 1 fully saturated rings. The third-order valence-corrected chi connectivity index (χ3v) is 5.17. The van der Waals surface area contributed by atoms with E-state index in [2.05, 4.69) is 21.3 Å². The van der Waals surface area contributed by atoms with Gasteiger partial charge in [0.2, 0.25) is 0 Å². The number of amides is 2. The Morgan fingerprint density at radius 2 is 2.04 bits per heavy atom. The Morgan fingerprint density at radius 1 is 1.35 bits per heavy atom. The Labute approximate surface area is 161 Å². The van der Waals surface area contributed by atoms with Gasteiger partial charge in [-0.3, -0.25) is 0 Å². The summed E-state index contributed by atoms with van der Waals surface area (Å²) in [5.74, 6) is -1.12. The van der Waals surface area contributed by atoms with Gasteiger partial charge in [-0.2, -0.15) is 0 Å². The number of hydrogen-bond acceptors (Lipinski definition) is 5. The number of carbonyl (C=O) groups is 3. The first kappa shape index (κ1) is 20.4. The van der Waals surface area contributed by atoms with Gasteiger partial charge in [-0.15, -0.1) is 0 Å². The van der Waals surface area contributed by atoms with Crippen LogP contribution in [0.4, 0.5) is 0 Å². The maximum atomic E-state index is 12.7. The average Bonchev–Trinajstić information content (AvgIpc) is 3.16. The van der Waals surface area contributed by atoms with Gasteiger partial charge in [0.05, 0.1) is 0 Å². The summed E-state index contributed by atoms with van der Waals surface area (Å²) in [5.41, 5.74) is 6.71. The SMILES string of the molecule is COC(=O)[C@H](Cc1ccccc1)NC(=O)[C@@H]1CCCN1C(=O)[C@@H](N)C[Se]. The number of nitrogens with zero attached hydrogens (tertiary/aromatic N) is 1. The Morgan fingerprint density at radius 3 is 2.65 bits per heavy atom. The van der Waals surface area contributed by atoms with Crippen LogP contribution >= 0.6 is 0 Å². The predicted octanol–water partition coefficient (Wildman–Crippen LogP) is -0.208. The van der Waals surface area contributed by atoms with Gasteiger partial charge >= 0.3 is 155 Å². The molecule has 1 aliphatic heterocycles. The fourth-order valence-corrected chi connectivity index (χ4v) is 3.34. The van der Waals surface area contributed by atoms with E-state index in [4.69, 9.17) is 10.5 Å². The molecule has 3 N–H and O–H groups in total. The normalized spacial score (nSPS) is 18.9. The summed E-state index contributed by atoms with van der Waals surface area (Å²) >= 11 is 2.74. The molecule has 0 unspecified atom stereocenters. The molecule has 141 valence electrons.